The van der Waals surface area contributed by atoms with Crippen molar-refractivity contribution >= 4 is 32.8 Å². The van der Waals surface area contributed by atoms with Crippen LogP contribution in [0.25, 0.3) is 10.9 Å². The number of nitrogens with zero attached hydrogens (tertiary/aromatic N) is 1. The van der Waals surface area contributed by atoms with Gasteiger partial charge in [0.05, 0.1) is 5.52 Å². The van der Waals surface area contributed by atoms with Gasteiger partial charge in [-0.15, -0.1) is 0 Å². The van der Waals surface area contributed by atoms with Crippen molar-refractivity contribution in [3.8, 4) is 0 Å². The van der Waals surface area contributed by atoms with E-state index in [9.17, 15) is 4.79 Å². The maximum absolute atomic E-state index is 10.9. The van der Waals surface area contributed by atoms with Gasteiger partial charge < -0.3 is 15.4 Å². The van der Waals surface area contributed by atoms with Crippen molar-refractivity contribution in [1.29, 1.82) is 0 Å². The lowest BCUT2D eigenvalue weighted by Gasteiger charge is -2.09. The average Bonchev–Trinajstić information content (AvgIpc) is 2.54. The highest BCUT2D eigenvalue weighted by Gasteiger charge is 2.19. The van der Waals surface area contributed by atoms with Crippen LogP contribution in [-0.2, 0) is 11.8 Å². The Bertz CT molecular complexity index is 562. The van der Waals surface area contributed by atoms with Gasteiger partial charge in [0.15, 0.2) is 0 Å². The minimum atomic E-state index is -1.02. The van der Waals surface area contributed by atoms with Crippen molar-refractivity contribution in [1.82, 2.24) is 4.57 Å². The van der Waals surface area contributed by atoms with Crippen molar-refractivity contribution in [2.24, 2.45) is 12.8 Å². The highest BCUT2D eigenvalue weighted by Crippen LogP contribution is 2.30. The molecule has 0 bridgehead atoms. The lowest BCUT2D eigenvalue weighted by molar-refractivity contribution is -0.138. The Morgan fingerprint density at radius 3 is 2.88 bits per heavy atom. The van der Waals surface area contributed by atoms with Gasteiger partial charge in [-0.25, -0.2) is 0 Å². The molecule has 0 aliphatic rings. The minimum absolute atomic E-state index is 0.623. The lowest BCUT2D eigenvalue weighted by atomic mass is 10.0. The van der Waals surface area contributed by atoms with Gasteiger partial charge in [-0.1, -0.05) is 18.2 Å². The molecule has 0 fully saturated rings. The summed E-state index contributed by atoms with van der Waals surface area (Å²) < 4.78 is 2.81. The molecule has 1 atom stereocenters. The molecular formula is C11H11BrN2O2. The molecule has 0 spiro atoms. The monoisotopic (exact) mass is 282 g/mol. The van der Waals surface area contributed by atoms with Crippen LogP contribution >= 0.6 is 15.9 Å². The van der Waals surface area contributed by atoms with Gasteiger partial charge in [0.1, 0.15) is 6.04 Å². The van der Waals surface area contributed by atoms with Crippen LogP contribution in [0, 0.1) is 0 Å². The molecule has 5 heteroatoms. The van der Waals surface area contributed by atoms with Crippen LogP contribution in [0.1, 0.15) is 11.6 Å². The minimum Gasteiger partial charge on any atom is -0.480 e. The first-order valence-corrected chi connectivity index (χ1v) is 5.53. The number of aliphatic carboxylic acids is 1. The Balaban J connectivity index is 2.75. The molecule has 0 saturated heterocycles. The number of carboxylic acid groups (broad SMARTS) is 1. The SMILES string of the molecule is Cn1cc(Br)c2cccc(C(N)C(=O)O)c21. The summed E-state index contributed by atoms with van der Waals surface area (Å²) in [7, 11) is 1.87. The molecule has 16 heavy (non-hydrogen) atoms. The Morgan fingerprint density at radius 2 is 2.25 bits per heavy atom. The Morgan fingerprint density at radius 1 is 1.56 bits per heavy atom. The molecule has 0 radical (unpaired) electrons. The number of para-hydroxylation sites is 1. The molecule has 0 aliphatic carbocycles. The number of aromatic nitrogens is 1. The van der Waals surface area contributed by atoms with Crippen molar-refractivity contribution < 1.29 is 9.90 Å². The van der Waals surface area contributed by atoms with E-state index in [-0.39, 0.29) is 0 Å². The van der Waals surface area contributed by atoms with Gasteiger partial charge >= 0.3 is 5.97 Å². The molecule has 84 valence electrons. The van der Waals surface area contributed by atoms with E-state index in [1.165, 1.54) is 0 Å². The number of hydrogen-bond acceptors (Lipinski definition) is 2. The quantitative estimate of drug-likeness (QED) is 0.886. The normalized spacial score (nSPS) is 12.9. The van der Waals surface area contributed by atoms with Crippen LogP contribution in [0.4, 0.5) is 0 Å². The summed E-state index contributed by atoms with van der Waals surface area (Å²) in [6, 6.07) is 4.49. The molecule has 0 aliphatic heterocycles. The van der Waals surface area contributed by atoms with Gasteiger partial charge in [0.25, 0.3) is 0 Å². The topological polar surface area (TPSA) is 68.2 Å². The van der Waals surface area contributed by atoms with Crippen LogP contribution in [0.2, 0.25) is 0 Å². The Kier molecular flexibility index (Phi) is 2.73. The summed E-state index contributed by atoms with van der Waals surface area (Å²) in [6.07, 6.45) is 1.89. The number of carboxylic acids is 1. The van der Waals surface area contributed by atoms with Crippen LogP contribution in [-0.4, -0.2) is 15.6 Å². The second-order valence-corrected chi connectivity index (χ2v) is 4.50. The fourth-order valence-electron chi connectivity index (χ4n) is 1.84. The molecule has 1 heterocycles. The van der Waals surface area contributed by atoms with E-state index in [1.54, 1.807) is 6.07 Å². The Labute approximate surface area is 101 Å². The molecule has 0 saturated carbocycles. The fraction of sp³-hybridized carbons (Fsp3) is 0.182. The summed E-state index contributed by atoms with van der Waals surface area (Å²) in [5.41, 5.74) is 7.13. The maximum Gasteiger partial charge on any atom is 0.325 e. The van der Waals surface area contributed by atoms with Crippen molar-refractivity contribution in [3.63, 3.8) is 0 Å². The van der Waals surface area contributed by atoms with Crippen LogP contribution in [0.15, 0.2) is 28.9 Å². The predicted molar refractivity (Wildman–Crippen MR) is 65.2 cm³/mol. The molecule has 2 rings (SSSR count). The zero-order valence-corrected chi connectivity index (χ0v) is 10.2. The maximum atomic E-state index is 10.9. The second kappa shape index (κ2) is 3.92. The summed E-state index contributed by atoms with van der Waals surface area (Å²) in [4.78, 5) is 10.9. The van der Waals surface area contributed by atoms with E-state index in [1.807, 2.05) is 29.9 Å². The molecule has 4 nitrogen and oxygen atoms in total. The third-order valence-electron chi connectivity index (χ3n) is 2.59. The lowest BCUT2D eigenvalue weighted by Crippen LogP contribution is -2.21. The molecule has 0 amide bonds. The smallest absolute Gasteiger partial charge is 0.325 e. The molecule has 1 unspecified atom stereocenters. The van der Waals surface area contributed by atoms with Crippen molar-refractivity contribution in [2.75, 3.05) is 0 Å². The summed E-state index contributed by atoms with van der Waals surface area (Å²) in [5.74, 6) is -1.02. The molecule has 1 aromatic carbocycles. The van der Waals surface area contributed by atoms with Gasteiger partial charge in [-0.05, 0) is 15.9 Å². The number of benzene rings is 1. The van der Waals surface area contributed by atoms with E-state index in [0.29, 0.717) is 5.56 Å². The van der Waals surface area contributed by atoms with Crippen LogP contribution in [0.5, 0.6) is 0 Å². The molecule has 3 N–H and O–H groups in total. The molecule has 2 aromatic rings. The zero-order chi connectivity index (χ0) is 11.9. The fourth-order valence-corrected chi connectivity index (χ4v) is 2.46. The predicted octanol–water partition coefficient (Wildman–Crippen LogP) is 2.03. The third kappa shape index (κ3) is 1.62. The van der Waals surface area contributed by atoms with E-state index >= 15 is 0 Å². The largest absolute Gasteiger partial charge is 0.480 e. The first-order chi connectivity index (χ1) is 7.52. The third-order valence-corrected chi connectivity index (χ3v) is 3.22. The zero-order valence-electron chi connectivity index (χ0n) is 8.64. The van der Waals surface area contributed by atoms with E-state index in [0.717, 1.165) is 15.4 Å². The van der Waals surface area contributed by atoms with Gasteiger partial charge in [-0.3, -0.25) is 4.79 Å². The van der Waals surface area contributed by atoms with Gasteiger partial charge in [-0.2, -0.15) is 0 Å². The van der Waals surface area contributed by atoms with Gasteiger partial charge in [0.2, 0.25) is 0 Å². The number of hydrogen-bond donors (Lipinski definition) is 2. The number of nitrogens with two attached hydrogens (primary N) is 1. The van der Waals surface area contributed by atoms with E-state index in [2.05, 4.69) is 15.9 Å². The first kappa shape index (κ1) is 11.2. The Hall–Kier alpha value is -1.33. The van der Waals surface area contributed by atoms with Crippen LogP contribution < -0.4 is 5.73 Å². The average molecular weight is 283 g/mol. The second-order valence-electron chi connectivity index (χ2n) is 3.65. The number of carbonyl (C=O) groups is 1. The molecular weight excluding hydrogens is 272 g/mol. The van der Waals surface area contributed by atoms with Crippen molar-refractivity contribution in [2.45, 2.75) is 6.04 Å². The van der Waals surface area contributed by atoms with E-state index in [4.69, 9.17) is 10.8 Å². The highest BCUT2D eigenvalue weighted by atomic mass is 79.9. The number of halogens is 1. The molecule has 1 aromatic heterocycles. The summed E-state index contributed by atoms with van der Waals surface area (Å²) in [6.45, 7) is 0. The number of aryl methyl sites for hydroxylation is 1. The summed E-state index contributed by atoms with van der Waals surface area (Å²) >= 11 is 3.43. The highest BCUT2D eigenvalue weighted by molar-refractivity contribution is 9.10. The standard InChI is InChI=1S/C11H11BrN2O2/c1-14-5-8(12)6-3-2-4-7(10(6)14)9(13)11(15)16/h2-5,9H,13H2,1H3,(H,15,16). The van der Waals surface area contributed by atoms with Crippen molar-refractivity contribution in [3.05, 3.63) is 34.4 Å². The number of fused-ring (bicyclic) bond motifs is 1. The first-order valence-electron chi connectivity index (χ1n) is 4.74. The summed E-state index contributed by atoms with van der Waals surface area (Å²) in [5, 5.41) is 9.92. The number of rotatable bonds is 2. The van der Waals surface area contributed by atoms with E-state index < -0.39 is 12.0 Å². The van der Waals surface area contributed by atoms with Crippen LogP contribution in [0.3, 0.4) is 0 Å². The van der Waals surface area contributed by atoms with Gasteiger partial charge in [0, 0.05) is 28.7 Å².